The van der Waals surface area contributed by atoms with Crippen molar-refractivity contribution in [1.29, 1.82) is 0 Å². The second-order valence-electron chi connectivity index (χ2n) is 9.82. The van der Waals surface area contributed by atoms with Crippen molar-refractivity contribution in [2.75, 3.05) is 37.9 Å². The largest absolute Gasteiger partial charge is 0.454 e. The van der Waals surface area contributed by atoms with Crippen LogP contribution in [0.4, 0.5) is 5.69 Å². The predicted molar refractivity (Wildman–Crippen MR) is 145 cm³/mol. The molecule has 198 valence electrons. The number of carbonyl (C=O) groups excluding carboxylic acids is 2. The fourth-order valence-electron chi connectivity index (χ4n) is 5.15. The van der Waals surface area contributed by atoms with E-state index in [0.29, 0.717) is 31.1 Å². The molecular weight excluding hydrogens is 480 g/mol. The molecule has 2 amide bonds. The van der Waals surface area contributed by atoms with Crippen LogP contribution in [-0.2, 0) is 29.1 Å². The number of para-hydroxylation sites is 1. The van der Waals surface area contributed by atoms with E-state index in [-0.39, 0.29) is 25.0 Å². The Kier molecular flexibility index (Phi) is 8.19. The highest BCUT2D eigenvalue weighted by Gasteiger charge is 2.22. The van der Waals surface area contributed by atoms with E-state index in [1.165, 1.54) is 0 Å². The van der Waals surface area contributed by atoms with Gasteiger partial charge in [0.2, 0.25) is 18.6 Å². The highest BCUT2D eigenvalue weighted by molar-refractivity contribution is 5.92. The lowest BCUT2D eigenvalue weighted by Crippen LogP contribution is -2.38. The Bertz CT molecular complexity index is 1270. The zero-order valence-corrected chi connectivity index (χ0v) is 21.8. The van der Waals surface area contributed by atoms with Gasteiger partial charge in [0.1, 0.15) is 0 Å². The smallest absolute Gasteiger partial charge is 0.231 e. The molecular formula is C30H34N4O4. The van der Waals surface area contributed by atoms with Crippen LogP contribution in [0.5, 0.6) is 11.5 Å². The zero-order valence-electron chi connectivity index (χ0n) is 21.8. The van der Waals surface area contributed by atoms with Gasteiger partial charge >= 0.3 is 0 Å². The van der Waals surface area contributed by atoms with Gasteiger partial charge < -0.3 is 19.3 Å². The van der Waals surface area contributed by atoms with Crippen molar-refractivity contribution < 1.29 is 19.1 Å². The average Bonchev–Trinajstić information content (AvgIpc) is 3.38. The first kappa shape index (κ1) is 25.7. The second-order valence-corrected chi connectivity index (χ2v) is 9.82. The Morgan fingerprint density at radius 1 is 0.895 bits per heavy atom. The van der Waals surface area contributed by atoms with Crippen molar-refractivity contribution in [3.63, 3.8) is 0 Å². The summed E-state index contributed by atoms with van der Waals surface area (Å²) < 4.78 is 10.9. The lowest BCUT2D eigenvalue weighted by Gasteiger charge is -2.31. The first-order valence-electron chi connectivity index (χ1n) is 13.2. The molecule has 1 aromatic heterocycles. The summed E-state index contributed by atoms with van der Waals surface area (Å²) in [4.78, 5) is 36.8. The monoisotopic (exact) mass is 514 g/mol. The second kappa shape index (κ2) is 12.1. The minimum atomic E-state index is 0.00607. The third-order valence-corrected chi connectivity index (χ3v) is 7.06. The van der Waals surface area contributed by atoms with Crippen LogP contribution in [0.25, 0.3) is 0 Å². The number of fused-ring (bicyclic) bond motifs is 2. The van der Waals surface area contributed by atoms with E-state index in [4.69, 9.17) is 9.47 Å². The zero-order chi connectivity index (χ0) is 26.3. The summed E-state index contributed by atoms with van der Waals surface area (Å²) in [5.74, 6) is 1.44. The van der Waals surface area contributed by atoms with Crippen LogP contribution in [0.2, 0.25) is 0 Å². The molecule has 3 heterocycles. The highest BCUT2D eigenvalue weighted by Crippen LogP contribution is 2.33. The predicted octanol–water partition coefficient (Wildman–Crippen LogP) is 4.03. The Morgan fingerprint density at radius 2 is 1.71 bits per heavy atom. The molecule has 3 aromatic rings. The highest BCUT2D eigenvalue weighted by atomic mass is 16.7. The number of hydrogen-bond donors (Lipinski definition) is 0. The van der Waals surface area contributed by atoms with Gasteiger partial charge in [0.05, 0.1) is 6.42 Å². The summed E-state index contributed by atoms with van der Waals surface area (Å²) in [6, 6.07) is 17.6. The number of ether oxygens (including phenoxy) is 2. The Hall–Kier alpha value is -3.91. The average molecular weight is 515 g/mol. The van der Waals surface area contributed by atoms with E-state index >= 15 is 0 Å². The van der Waals surface area contributed by atoms with E-state index in [2.05, 4.69) is 16.0 Å². The lowest BCUT2D eigenvalue weighted by molar-refractivity contribution is -0.131. The molecule has 5 rings (SSSR count). The van der Waals surface area contributed by atoms with E-state index < -0.39 is 0 Å². The van der Waals surface area contributed by atoms with E-state index in [1.807, 2.05) is 64.5 Å². The van der Waals surface area contributed by atoms with Crippen molar-refractivity contribution in [1.82, 2.24) is 14.8 Å². The van der Waals surface area contributed by atoms with E-state index in [0.717, 1.165) is 54.9 Å². The van der Waals surface area contributed by atoms with Crippen molar-refractivity contribution >= 4 is 17.5 Å². The Balaban J connectivity index is 1.38. The van der Waals surface area contributed by atoms with Crippen molar-refractivity contribution in [2.45, 2.75) is 39.3 Å². The Labute approximate surface area is 223 Å². The van der Waals surface area contributed by atoms with Gasteiger partial charge in [-0.15, -0.1) is 0 Å². The summed E-state index contributed by atoms with van der Waals surface area (Å²) in [6.07, 6.45) is 5.67. The number of pyridine rings is 1. The standard InChI is InChI=1S/C30H34N4O4/c1-23(35)34-16-6-14-32(20-25-7-4-12-31-19-25)13-5-15-33(21-26-8-2-3-9-27(26)34)30(36)18-24-10-11-28-29(17-24)38-22-37-28/h2-4,7-12,17,19H,5-6,13-16,18,20-22H2,1H3. The number of carbonyl (C=O) groups is 2. The van der Waals surface area contributed by atoms with Gasteiger partial charge in [-0.1, -0.05) is 30.3 Å². The first-order chi connectivity index (χ1) is 18.6. The van der Waals surface area contributed by atoms with Crippen molar-refractivity contribution in [2.24, 2.45) is 0 Å². The number of benzene rings is 2. The molecule has 2 aromatic carbocycles. The molecule has 0 atom stereocenters. The van der Waals surface area contributed by atoms with Crippen LogP contribution < -0.4 is 14.4 Å². The maximum absolute atomic E-state index is 13.6. The number of amides is 2. The molecule has 0 saturated heterocycles. The van der Waals surface area contributed by atoms with Gasteiger partial charge in [0.15, 0.2) is 11.5 Å². The van der Waals surface area contributed by atoms with E-state index in [1.54, 1.807) is 13.1 Å². The third-order valence-electron chi connectivity index (χ3n) is 7.06. The summed E-state index contributed by atoms with van der Waals surface area (Å²) in [6.45, 7) is 6.01. The van der Waals surface area contributed by atoms with E-state index in [9.17, 15) is 9.59 Å². The molecule has 0 aliphatic carbocycles. The molecule has 8 nitrogen and oxygen atoms in total. The number of nitrogens with zero attached hydrogens (tertiary/aromatic N) is 4. The van der Waals surface area contributed by atoms with Crippen LogP contribution in [0.15, 0.2) is 67.0 Å². The Morgan fingerprint density at radius 3 is 2.53 bits per heavy atom. The van der Waals surface area contributed by atoms with Crippen molar-refractivity contribution in [3.05, 3.63) is 83.7 Å². The van der Waals surface area contributed by atoms with Crippen LogP contribution >= 0.6 is 0 Å². The minimum Gasteiger partial charge on any atom is -0.454 e. The maximum atomic E-state index is 13.6. The number of rotatable bonds is 4. The number of aromatic nitrogens is 1. The lowest BCUT2D eigenvalue weighted by atomic mass is 10.1. The molecule has 0 radical (unpaired) electrons. The molecule has 0 unspecified atom stereocenters. The third kappa shape index (κ3) is 6.31. The minimum absolute atomic E-state index is 0.00607. The summed E-state index contributed by atoms with van der Waals surface area (Å²) in [5.41, 5.74) is 3.90. The van der Waals surface area contributed by atoms with Crippen LogP contribution in [0, 0.1) is 0 Å². The first-order valence-corrected chi connectivity index (χ1v) is 13.2. The quantitative estimate of drug-likeness (QED) is 0.523. The van der Waals surface area contributed by atoms with Gasteiger partial charge in [-0.3, -0.25) is 19.5 Å². The van der Waals surface area contributed by atoms with Gasteiger partial charge in [0, 0.05) is 64.3 Å². The molecule has 0 saturated carbocycles. The molecule has 0 fully saturated rings. The molecule has 0 bridgehead atoms. The SMILES string of the molecule is CC(=O)N1CCCN(Cc2cccnc2)CCCN(C(=O)Cc2ccc3c(c2)OCO3)Cc2ccccc21. The fourth-order valence-corrected chi connectivity index (χ4v) is 5.15. The number of anilines is 1. The normalized spacial score (nSPS) is 16.3. The molecule has 2 aliphatic heterocycles. The molecule has 2 aliphatic rings. The summed E-state index contributed by atoms with van der Waals surface area (Å²) >= 11 is 0. The topological polar surface area (TPSA) is 75.2 Å². The van der Waals surface area contributed by atoms with Crippen LogP contribution in [0.1, 0.15) is 36.5 Å². The molecule has 38 heavy (non-hydrogen) atoms. The van der Waals surface area contributed by atoms with Gasteiger partial charge in [-0.2, -0.15) is 0 Å². The van der Waals surface area contributed by atoms with Gasteiger partial charge in [0.25, 0.3) is 0 Å². The molecule has 8 heteroatoms. The molecule has 0 spiro atoms. The maximum Gasteiger partial charge on any atom is 0.231 e. The summed E-state index contributed by atoms with van der Waals surface area (Å²) in [5, 5.41) is 0. The number of hydrogen-bond acceptors (Lipinski definition) is 6. The van der Waals surface area contributed by atoms with Crippen molar-refractivity contribution in [3.8, 4) is 11.5 Å². The fraction of sp³-hybridized carbons (Fsp3) is 0.367. The van der Waals surface area contributed by atoms with Crippen LogP contribution in [0.3, 0.4) is 0 Å². The molecule has 0 N–H and O–H groups in total. The summed E-state index contributed by atoms with van der Waals surface area (Å²) in [7, 11) is 0. The van der Waals surface area contributed by atoms with Crippen LogP contribution in [-0.4, -0.2) is 59.6 Å². The van der Waals surface area contributed by atoms with Gasteiger partial charge in [-0.25, -0.2) is 0 Å². The van der Waals surface area contributed by atoms with Gasteiger partial charge in [-0.05, 0) is 53.8 Å².